The van der Waals surface area contributed by atoms with E-state index in [0.29, 0.717) is 0 Å². The van der Waals surface area contributed by atoms with Crippen molar-refractivity contribution in [1.29, 1.82) is 0 Å². The summed E-state index contributed by atoms with van der Waals surface area (Å²) in [7, 11) is 0. The molecule has 134 valence electrons. The second-order valence-electron chi connectivity index (χ2n) is 6.16. The van der Waals surface area contributed by atoms with Crippen LogP contribution in [0, 0.1) is 0 Å². The van der Waals surface area contributed by atoms with Crippen molar-refractivity contribution in [3.8, 4) is 11.3 Å². The fourth-order valence-electron chi connectivity index (χ4n) is 3.05. The van der Waals surface area contributed by atoms with Gasteiger partial charge < -0.3 is 4.57 Å². The van der Waals surface area contributed by atoms with Crippen molar-refractivity contribution in [2.24, 2.45) is 4.99 Å². The van der Waals surface area contributed by atoms with Gasteiger partial charge >= 0.3 is 0 Å². The van der Waals surface area contributed by atoms with Crippen molar-refractivity contribution in [2.75, 3.05) is 0 Å². The Balaban J connectivity index is 1.94. The molecule has 0 fully saturated rings. The molecule has 4 rings (SSSR count). The highest BCUT2D eigenvalue weighted by Gasteiger charge is 2.17. The highest BCUT2D eigenvalue weighted by Crippen LogP contribution is 2.31. The van der Waals surface area contributed by atoms with Gasteiger partial charge in [-0.25, -0.2) is 4.99 Å². The van der Waals surface area contributed by atoms with Gasteiger partial charge in [-0.3, -0.25) is 4.98 Å². The molecule has 0 radical (unpaired) electrons. The first-order valence-corrected chi connectivity index (χ1v) is 10.4. The van der Waals surface area contributed by atoms with E-state index in [9.17, 15) is 0 Å². The van der Waals surface area contributed by atoms with Crippen LogP contribution in [0.1, 0.15) is 18.5 Å². The molecule has 0 spiro atoms. The lowest BCUT2D eigenvalue weighted by atomic mass is 10.1. The summed E-state index contributed by atoms with van der Waals surface area (Å²) in [5, 5.41) is 2.18. The Morgan fingerprint density at radius 1 is 1.00 bits per heavy atom. The summed E-state index contributed by atoms with van der Waals surface area (Å²) >= 11 is 5.34. The van der Waals surface area contributed by atoms with E-state index in [1.165, 1.54) is 5.56 Å². The molecule has 2 heterocycles. The molecule has 0 bridgehead atoms. The lowest BCUT2D eigenvalue weighted by Gasteiger charge is -2.18. The Morgan fingerprint density at radius 3 is 2.52 bits per heavy atom. The summed E-state index contributed by atoms with van der Waals surface area (Å²) in [5.41, 5.74) is 4.40. The van der Waals surface area contributed by atoms with Crippen LogP contribution in [0.15, 0.2) is 94.0 Å². The molecule has 2 aromatic carbocycles. The second kappa shape index (κ2) is 8.03. The lowest BCUT2D eigenvalue weighted by molar-refractivity contribution is 0.628. The van der Waals surface area contributed by atoms with E-state index in [0.717, 1.165) is 26.2 Å². The van der Waals surface area contributed by atoms with Crippen LogP contribution >= 0.6 is 27.3 Å². The molecule has 3 nitrogen and oxygen atoms in total. The minimum absolute atomic E-state index is 0.148. The van der Waals surface area contributed by atoms with Crippen LogP contribution in [0.4, 0.5) is 5.69 Å². The number of aromatic nitrogens is 2. The van der Waals surface area contributed by atoms with Crippen LogP contribution in [0.25, 0.3) is 11.3 Å². The lowest BCUT2D eigenvalue weighted by Crippen LogP contribution is -2.20. The predicted octanol–water partition coefficient (Wildman–Crippen LogP) is 6.22. The normalized spacial score (nSPS) is 12.9. The Morgan fingerprint density at radius 2 is 1.78 bits per heavy atom. The first-order valence-electron chi connectivity index (χ1n) is 8.68. The third-order valence-corrected chi connectivity index (χ3v) is 5.96. The third-order valence-electron chi connectivity index (χ3n) is 4.43. The highest BCUT2D eigenvalue weighted by atomic mass is 79.9. The zero-order valence-electron chi connectivity index (χ0n) is 14.8. The van der Waals surface area contributed by atoms with Crippen molar-refractivity contribution in [1.82, 2.24) is 9.55 Å². The number of pyridine rings is 1. The van der Waals surface area contributed by atoms with E-state index in [4.69, 9.17) is 4.99 Å². The fraction of sp³-hybridized carbons (Fsp3) is 0.0909. The summed E-state index contributed by atoms with van der Waals surface area (Å²) < 4.78 is 3.37. The topological polar surface area (TPSA) is 30.2 Å². The first kappa shape index (κ1) is 17.9. The molecule has 1 unspecified atom stereocenters. The molecule has 0 aliphatic heterocycles. The van der Waals surface area contributed by atoms with Crippen LogP contribution in [-0.2, 0) is 0 Å². The van der Waals surface area contributed by atoms with E-state index in [1.54, 1.807) is 23.7 Å². The maximum absolute atomic E-state index is 4.87. The smallest absolute Gasteiger partial charge is 0.191 e. The number of halogens is 1. The van der Waals surface area contributed by atoms with Crippen LogP contribution in [-0.4, -0.2) is 9.55 Å². The molecule has 0 saturated carbocycles. The molecule has 0 saturated heterocycles. The van der Waals surface area contributed by atoms with Crippen LogP contribution in [0.3, 0.4) is 0 Å². The van der Waals surface area contributed by atoms with Crippen molar-refractivity contribution < 1.29 is 0 Å². The van der Waals surface area contributed by atoms with E-state index in [-0.39, 0.29) is 6.04 Å². The number of thiazole rings is 1. The molecular weight excluding hydrogens is 418 g/mol. The molecular formula is C22H18BrN3S. The number of hydrogen-bond acceptors (Lipinski definition) is 3. The number of benzene rings is 2. The summed E-state index contributed by atoms with van der Waals surface area (Å²) in [6, 6.07) is 22.9. The Kier molecular flexibility index (Phi) is 5.32. The minimum atomic E-state index is 0.148. The van der Waals surface area contributed by atoms with Gasteiger partial charge in [-0.2, -0.15) is 0 Å². The van der Waals surface area contributed by atoms with Gasteiger partial charge in [-0.15, -0.1) is 11.3 Å². The molecule has 27 heavy (non-hydrogen) atoms. The number of hydrogen-bond donors (Lipinski definition) is 0. The maximum atomic E-state index is 4.87. The molecule has 0 N–H and O–H groups in total. The summed E-state index contributed by atoms with van der Waals surface area (Å²) in [5.74, 6) is 0. The summed E-state index contributed by atoms with van der Waals surface area (Å²) in [4.78, 5) is 10.0. The number of nitrogens with zero attached hydrogens (tertiary/aromatic N) is 3. The highest BCUT2D eigenvalue weighted by molar-refractivity contribution is 9.10. The van der Waals surface area contributed by atoms with Gasteiger partial charge in [0, 0.05) is 21.6 Å². The Hall–Kier alpha value is -2.50. The fourth-order valence-corrected chi connectivity index (χ4v) is 4.53. The van der Waals surface area contributed by atoms with Crippen molar-refractivity contribution >= 4 is 33.0 Å². The van der Waals surface area contributed by atoms with Gasteiger partial charge in [0.15, 0.2) is 4.80 Å². The number of rotatable bonds is 4. The minimum Gasteiger partial charge on any atom is -0.309 e. The largest absolute Gasteiger partial charge is 0.309 e. The van der Waals surface area contributed by atoms with Crippen LogP contribution in [0.5, 0.6) is 0 Å². The maximum Gasteiger partial charge on any atom is 0.191 e. The van der Waals surface area contributed by atoms with Gasteiger partial charge in [-0.05, 0) is 30.7 Å². The molecule has 1 atom stereocenters. The van der Waals surface area contributed by atoms with Gasteiger partial charge in [0.25, 0.3) is 0 Å². The standard InChI is InChI=1S/C22H18BrN3S/c1-16(17-8-3-2-4-9-17)26-21(19-11-5-6-12-20(19)23)15-27-22(26)25-18-10-7-13-24-14-18/h2-16H,1H3. The summed E-state index contributed by atoms with van der Waals surface area (Å²) in [6.07, 6.45) is 3.55. The van der Waals surface area contributed by atoms with Crippen molar-refractivity contribution in [3.63, 3.8) is 0 Å². The molecule has 0 amide bonds. The Labute approximate surface area is 170 Å². The Bertz CT molecular complexity index is 1100. The van der Waals surface area contributed by atoms with Gasteiger partial charge in [-0.1, -0.05) is 64.5 Å². The van der Waals surface area contributed by atoms with Crippen molar-refractivity contribution in [2.45, 2.75) is 13.0 Å². The average Bonchev–Trinajstić information content (AvgIpc) is 3.12. The quantitative estimate of drug-likeness (QED) is 0.374. The van der Waals surface area contributed by atoms with E-state index in [1.807, 2.05) is 24.3 Å². The SMILES string of the molecule is CC(c1ccccc1)n1c(-c2ccccc2Br)csc1=Nc1cccnc1. The monoisotopic (exact) mass is 435 g/mol. The van der Waals surface area contributed by atoms with Crippen LogP contribution < -0.4 is 4.80 Å². The van der Waals surface area contributed by atoms with Crippen molar-refractivity contribution in [3.05, 3.63) is 99.3 Å². The first-order chi connectivity index (χ1) is 13.2. The average molecular weight is 436 g/mol. The van der Waals surface area contributed by atoms with E-state index < -0.39 is 0 Å². The molecule has 4 aromatic rings. The molecule has 0 aliphatic carbocycles. The van der Waals surface area contributed by atoms with E-state index >= 15 is 0 Å². The second-order valence-corrected chi connectivity index (χ2v) is 7.85. The van der Waals surface area contributed by atoms with Crippen LogP contribution in [0.2, 0.25) is 0 Å². The van der Waals surface area contributed by atoms with E-state index in [2.05, 4.69) is 80.2 Å². The van der Waals surface area contributed by atoms with Gasteiger partial charge in [0.05, 0.1) is 23.6 Å². The predicted molar refractivity (Wildman–Crippen MR) is 115 cm³/mol. The van der Waals surface area contributed by atoms with Gasteiger partial charge in [0.2, 0.25) is 0 Å². The molecule has 0 aliphatic rings. The zero-order valence-corrected chi connectivity index (χ0v) is 17.2. The van der Waals surface area contributed by atoms with Gasteiger partial charge in [0.1, 0.15) is 0 Å². The third kappa shape index (κ3) is 3.80. The summed E-state index contributed by atoms with van der Waals surface area (Å²) in [6.45, 7) is 2.21. The zero-order chi connectivity index (χ0) is 18.6. The molecule has 2 aromatic heterocycles. The molecule has 5 heteroatoms.